The Kier molecular flexibility index (Phi) is 7.03. The van der Waals surface area contributed by atoms with Gasteiger partial charge in [-0.2, -0.15) is 0 Å². The molecular formula is C17H25N3O3. The van der Waals surface area contributed by atoms with Crippen molar-refractivity contribution in [3.8, 4) is 0 Å². The number of para-hydroxylation sites is 1. The van der Waals surface area contributed by atoms with Crippen LogP contribution in [0.4, 0.5) is 5.69 Å². The zero-order valence-electron chi connectivity index (χ0n) is 13.6. The lowest BCUT2D eigenvalue weighted by molar-refractivity contribution is -0.122. The minimum atomic E-state index is -0.129. The van der Waals surface area contributed by atoms with E-state index in [9.17, 15) is 9.59 Å². The largest absolute Gasteiger partial charge is 0.383 e. The molecule has 2 amide bonds. The van der Waals surface area contributed by atoms with Crippen molar-refractivity contribution in [3.63, 3.8) is 0 Å². The summed E-state index contributed by atoms with van der Waals surface area (Å²) >= 11 is 0. The number of nitrogens with one attached hydrogen (secondary N) is 3. The number of hydrogen-bond acceptors (Lipinski definition) is 4. The van der Waals surface area contributed by atoms with Crippen molar-refractivity contribution in [2.45, 2.75) is 19.3 Å². The van der Waals surface area contributed by atoms with Gasteiger partial charge < -0.3 is 20.7 Å². The Morgan fingerprint density at radius 1 is 1.30 bits per heavy atom. The maximum Gasteiger partial charge on any atom is 0.227 e. The molecule has 0 aliphatic carbocycles. The van der Waals surface area contributed by atoms with Crippen LogP contribution in [0.15, 0.2) is 24.3 Å². The number of anilines is 1. The van der Waals surface area contributed by atoms with Crippen LogP contribution in [0, 0.1) is 5.92 Å². The van der Waals surface area contributed by atoms with Crippen LogP contribution < -0.4 is 16.0 Å². The highest BCUT2D eigenvalue weighted by Crippen LogP contribution is 2.27. The molecule has 1 aromatic rings. The topological polar surface area (TPSA) is 79.5 Å². The van der Waals surface area contributed by atoms with Gasteiger partial charge in [0.2, 0.25) is 11.8 Å². The molecule has 126 valence electrons. The molecule has 1 heterocycles. The van der Waals surface area contributed by atoms with E-state index in [1.165, 1.54) is 0 Å². The number of hydrogen-bond donors (Lipinski definition) is 3. The molecule has 3 N–H and O–H groups in total. The third kappa shape index (κ3) is 5.65. The minimum absolute atomic E-state index is 0.00907. The maximum atomic E-state index is 12.1. The van der Waals surface area contributed by atoms with E-state index in [1.54, 1.807) is 7.11 Å². The van der Waals surface area contributed by atoms with Crippen molar-refractivity contribution in [3.05, 3.63) is 29.8 Å². The van der Waals surface area contributed by atoms with Crippen molar-refractivity contribution >= 4 is 17.5 Å². The highest BCUT2D eigenvalue weighted by atomic mass is 16.5. The summed E-state index contributed by atoms with van der Waals surface area (Å²) in [6, 6.07) is 7.81. The molecule has 1 aliphatic rings. The Hall–Kier alpha value is -1.92. The molecule has 6 heteroatoms. The third-order valence-corrected chi connectivity index (χ3v) is 3.94. The number of fused-ring (bicyclic) bond motifs is 1. The van der Waals surface area contributed by atoms with Crippen molar-refractivity contribution < 1.29 is 14.3 Å². The second-order valence-corrected chi connectivity index (χ2v) is 5.68. The van der Waals surface area contributed by atoms with Gasteiger partial charge in [0.05, 0.1) is 6.61 Å². The van der Waals surface area contributed by atoms with Crippen molar-refractivity contribution in [1.82, 2.24) is 10.6 Å². The number of methoxy groups -OCH3 is 1. The van der Waals surface area contributed by atoms with Gasteiger partial charge in [0.25, 0.3) is 0 Å². The van der Waals surface area contributed by atoms with Gasteiger partial charge in [-0.05, 0) is 24.5 Å². The summed E-state index contributed by atoms with van der Waals surface area (Å²) < 4.78 is 4.92. The molecule has 0 aromatic heterocycles. The molecular weight excluding hydrogens is 294 g/mol. The number of carbonyl (C=O) groups is 2. The number of benzene rings is 1. The molecule has 1 atom stereocenters. The van der Waals surface area contributed by atoms with E-state index >= 15 is 0 Å². The summed E-state index contributed by atoms with van der Waals surface area (Å²) in [7, 11) is 1.66. The molecule has 2 rings (SSSR count). The second kappa shape index (κ2) is 9.27. The summed E-state index contributed by atoms with van der Waals surface area (Å²) in [5, 5.41) is 8.93. The summed E-state index contributed by atoms with van der Waals surface area (Å²) in [6.07, 6.45) is 1.65. The highest BCUT2D eigenvalue weighted by Gasteiger charge is 2.26. The van der Waals surface area contributed by atoms with Crippen molar-refractivity contribution in [1.29, 1.82) is 0 Å². The van der Waals surface area contributed by atoms with Crippen LogP contribution in [0.1, 0.15) is 18.4 Å². The normalized spacial score (nSPS) is 16.6. The first kappa shape index (κ1) is 17.4. The van der Waals surface area contributed by atoms with Crippen LogP contribution in [-0.2, 0) is 20.7 Å². The molecule has 0 bridgehead atoms. The Bertz CT molecular complexity index is 534. The van der Waals surface area contributed by atoms with Gasteiger partial charge in [-0.25, -0.2) is 0 Å². The average molecular weight is 319 g/mol. The summed E-state index contributed by atoms with van der Waals surface area (Å²) in [5.41, 5.74) is 2.03. The van der Waals surface area contributed by atoms with E-state index < -0.39 is 0 Å². The minimum Gasteiger partial charge on any atom is -0.383 e. The van der Waals surface area contributed by atoms with E-state index in [0.717, 1.165) is 17.8 Å². The first-order valence-corrected chi connectivity index (χ1v) is 8.06. The highest BCUT2D eigenvalue weighted by molar-refractivity contribution is 5.96. The quantitative estimate of drug-likeness (QED) is 0.592. The predicted molar refractivity (Wildman–Crippen MR) is 89.3 cm³/mol. The van der Waals surface area contributed by atoms with Gasteiger partial charge in [-0.1, -0.05) is 18.2 Å². The van der Waals surface area contributed by atoms with E-state index in [4.69, 9.17) is 4.74 Å². The van der Waals surface area contributed by atoms with Gasteiger partial charge >= 0.3 is 0 Å². The van der Waals surface area contributed by atoms with Crippen LogP contribution in [0.3, 0.4) is 0 Å². The van der Waals surface area contributed by atoms with Gasteiger partial charge in [0.15, 0.2) is 0 Å². The fourth-order valence-corrected chi connectivity index (χ4v) is 2.63. The van der Waals surface area contributed by atoms with Gasteiger partial charge in [0.1, 0.15) is 0 Å². The molecule has 1 aromatic carbocycles. The number of carbonyl (C=O) groups excluding carboxylic acids is 2. The Labute approximate surface area is 137 Å². The van der Waals surface area contributed by atoms with Crippen LogP contribution >= 0.6 is 0 Å². The fraction of sp³-hybridized carbons (Fsp3) is 0.529. The summed E-state index contributed by atoms with van der Waals surface area (Å²) in [4.78, 5) is 23.9. The van der Waals surface area contributed by atoms with Gasteiger partial charge in [-0.15, -0.1) is 0 Å². The zero-order valence-corrected chi connectivity index (χ0v) is 13.6. The third-order valence-electron chi connectivity index (χ3n) is 3.94. The van der Waals surface area contributed by atoms with Crippen molar-refractivity contribution in [2.24, 2.45) is 5.92 Å². The average Bonchev–Trinajstić information content (AvgIpc) is 2.56. The van der Waals surface area contributed by atoms with Crippen LogP contribution in [0.2, 0.25) is 0 Å². The van der Waals surface area contributed by atoms with Crippen LogP contribution in [0.5, 0.6) is 0 Å². The number of amides is 2. The molecule has 6 nitrogen and oxygen atoms in total. The molecule has 1 aliphatic heterocycles. The number of ether oxygens (including phenoxy) is 1. The Morgan fingerprint density at radius 3 is 2.96 bits per heavy atom. The van der Waals surface area contributed by atoms with E-state index in [2.05, 4.69) is 16.0 Å². The molecule has 0 radical (unpaired) electrons. The van der Waals surface area contributed by atoms with Crippen LogP contribution in [-0.4, -0.2) is 45.2 Å². The Morgan fingerprint density at radius 2 is 2.13 bits per heavy atom. The first-order chi connectivity index (χ1) is 11.2. The monoisotopic (exact) mass is 319 g/mol. The lowest BCUT2D eigenvalue weighted by atomic mass is 9.89. The fourth-order valence-electron chi connectivity index (χ4n) is 2.63. The lowest BCUT2D eigenvalue weighted by Crippen LogP contribution is -2.34. The van der Waals surface area contributed by atoms with E-state index in [0.29, 0.717) is 39.0 Å². The summed E-state index contributed by atoms with van der Waals surface area (Å²) in [6.45, 7) is 2.73. The number of rotatable bonds is 9. The lowest BCUT2D eigenvalue weighted by Gasteiger charge is -2.24. The predicted octanol–water partition coefficient (Wildman–Crippen LogP) is 0.930. The molecule has 1 unspecified atom stereocenters. The smallest absolute Gasteiger partial charge is 0.227 e. The van der Waals surface area contributed by atoms with Crippen LogP contribution in [0.25, 0.3) is 0 Å². The van der Waals surface area contributed by atoms with Crippen molar-refractivity contribution in [2.75, 3.05) is 38.7 Å². The Balaban J connectivity index is 1.66. The first-order valence-electron chi connectivity index (χ1n) is 8.06. The molecule has 0 fully saturated rings. The molecule has 0 spiro atoms. The van der Waals surface area contributed by atoms with Gasteiger partial charge in [0, 0.05) is 44.8 Å². The molecule has 0 saturated carbocycles. The molecule has 23 heavy (non-hydrogen) atoms. The maximum absolute atomic E-state index is 12.1. The van der Waals surface area contributed by atoms with E-state index in [1.807, 2.05) is 24.3 Å². The second-order valence-electron chi connectivity index (χ2n) is 5.68. The summed E-state index contributed by atoms with van der Waals surface area (Å²) in [5.74, 6) is -0.126. The zero-order chi connectivity index (χ0) is 16.5. The van der Waals surface area contributed by atoms with E-state index in [-0.39, 0.29) is 17.7 Å². The van der Waals surface area contributed by atoms with Gasteiger partial charge in [-0.3, -0.25) is 9.59 Å². The standard InChI is InChI=1S/C17H25N3O3/c1-23-11-10-18-8-9-19-16(21)7-6-14-12-13-4-2-3-5-15(13)20-17(14)22/h2-5,14,18H,6-12H2,1H3,(H,19,21)(H,20,22). The molecule has 0 saturated heterocycles. The SMILES string of the molecule is COCCNCCNC(=O)CCC1Cc2ccccc2NC1=O.